The number of nitrogens with zero attached hydrogens (tertiary/aromatic N) is 3. The van der Waals surface area contributed by atoms with E-state index in [9.17, 15) is 14.7 Å². The van der Waals surface area contributed by atoms with Gasteiger partial charge in [-0.1, -0.05) is 22.8 Å². The van der Waals surface area contributed by atoms with Gasteiger partial charge in [0.1, 0.15) is 5.76 Å². The Kier molecular flexibility index (Phi) is 4.58. The van der Waals surface area contributed by atoms with Crippen molar-refractivity contribution in [1.82, 2.24) is 14.6 Å². The number of carbonyl (C=O) groups excluding carboxylic acids is 1. The summed E-state index contributed by atoms with van der Waals surface area (Å²) in [5, 5.41) is 13.8. The Morgan fingerprint density at radius 2 is 2.23 bits per heavy atom. The lowest BCUT2D eigenvalue weighted by atomic mass is 9.78. The molecule has 0 radical (unpaired) electrons. The van der Waals surface area contributed by atoms with Crippen LogP contribution >= 0.6 is 11.6 Å². The molecule has 4 heterocycles. The first kappa shape index (κ1) is 17.3. The van der Waals surface area contributed by atoms with Crippen molar-refractivity contribution in [2.24, 2.45) is 5.92 Å². The number of halogens is 1. The summed E-state index contributed by atoms with van der Waals surface area (Å²) in [7, 11) is 0. The molecule has 2 aromatic rings. The van der Waals surface area contributed by atoms with Crippen LogP contribution in [0.25, 0.3) is 0 Å². The van der Waals surface area contributed by atoms with Crippen LogP contribution in [0.5, 0.6) is 0 Å². The van der Waals surface area contributed by atoms with Crippen molar-refractivity contribution in [3.63, 3.8) is 0 Å². The summed E-state index contributed by atoms with van der Waals surface area (Å²) in [6, 6.07) is 6.54. The van der Waals surface area contributed by atoms with Gasteiger partial charge in [0.2, 0.25) is 5.91 Å². The normalized spacial score (nSPS) is 24.4. The molecule has 0 spiro atoms. The molecule has 2 aliphatic heterocycles. The zero-order valence-electron chi connectivity index (χ0n) is 14.2. The standard InChI is InChI=1S/C18H20ClN3O4/c19-16-7-13(26-20-16)4-5-17(24)21-8-11-6-12(9-21)15(10-23)22-14(11)2-1-3-18(22)25/h1-3,7,11-12,15,23H,4-6,8-10H2/t11-,12+,15+/m1/s1. The lowest BCUT2D eigenvalue weighted by molar-refractivity contribution is -0.134. The molecule has 1 saturated heterocycles. The Labute approximate surface area is 155 Å². The lowest BCUT2D eigenvalue weighted by Gasteiger charge is -2.46. The Bertz CT molecular complexity index is 877. The number of fused-ring (bicyclic) bond motifs is 4. The number of piperidine rings is 1. The molecule has 26 heavy (non-hydrogen) atoms. The van der Waals surface area contributed by atoms with Crippen LogP contribution in [-0.4, -0.2) is 45.3 Å². The van der Waals surface area contributed by atoms with E-state index in [2.05, 4.69) is 5.16 Å². The zero-order valence-corrected chi connectivity index (χ0v) is 14.9. The first-order valence-electron chi connectivity index (χ1n) is 8.78. The van der Waals surface area contributed by atoms with Crippen molar-refractivity contribution in [1.29, 1.82) is 0 Å². The highest BCUT2D eigenvalue weighted by Gasteiger charge is 2.41. The summed E-state index contributed by atoms with van der Waals surface area (Å²) >= 11 is 5.73. The summed E-state index contributed by atoms with van der Waals surface area (Å²) in [5.74, 6) is 0.825. The molecule has 7 nitrogen and oxygen atoms in total. The van der Waals surface area contributed by atoms with Crippen molar-refractivity contribution in [2.75, 3.05) is 19.7 Å². The number of rotatable bonds is 4. The van der Waals surface area contributed by atoms with Gasteiger partial charge in [0, 0.05) is 55.6 Å². The molecule has 0 unspecified atom stereocenters. The van der Waals surface area contributed by atoms with Gasteiger partial charge in [-0.15, -0.1) is 0 Å². The molecule has 138 valence electrons. The van der Waals surface area contributed by atoms with E-state index in [1.807, 2.05) is 11.0 Å². The molecular formula is C18H20ClN3O4. The van der Waals surface area contributed by atoms with Gasteiger partial charge in [-0.2, -0.15) is 0 Å². The number of carbonyl (C=O) groups is 1. The topological polar surface area (TPSA) is 88.6 Å². The maximum absolute atomic E-state index is 12.7. The highest BCUT2D eigenvalue weighted by Crippen LogP contribution is 2.40. The number of aryl methyl sites for hydroxylation is 1. The van der Waals surface area contributed by atoms with Crippen LogP contribution in [0.3, 0.4) is 0 Å². The fourth-order valence-electron chi connectivity index (χ4n) is 4.27. The summed E-state index contributed by atoms with van der Waals surface area (Å²) < 4.78 is 6.77. The molecular weight excluding hydrogens is 358 g/mol. The van der Waals surface area contributed by atoms with Gasteiger partial charge in [-0.25, -0.2) is 0 Å². The molecule has 1 N–H and O–H groups in total. The van der Waals surface area contributed by atoms with Crippen LogP contribution in [-0.2, 0) is 11.2 Å². The lowest BCUT2D eigenvalue weighted by Crippen LogP contribution is -2.51. The first-order valence-corrected chi connectivity index (χ1v) is 9.15. The highest BCUT2D eigenvalue weighted by atomic mass is 35.5. The fraction of sp³-hybridized carbons (Fsp3) is 0.500. The number of amides is 1. The fourth-order valence-corrected chi connectivity index (χ4v) is 4.43. The summed E-state index contributed by atoms with van der Waals surface area (Å²) in [4.78, 5) is 26.8. The van der Waals surface area contributed by atoms with E-state index in [-0.39, 0.29) is 41.1 Å². The molecule has 0 saturated carbocycles. The average molecular weight is 378 g/mol. The number of pyridine rings is 1. The molecule has 3 atom stereocenters. The van der Waals surface area contributed by atoms with Gasteiger partial charge >= 0.3 is 0 Å². The van der Waals surface area contributed by atoms with Gasteiger partial charge in [-0.3, -0.25) is 9.59 Å². The average Bonchev–Trinajstić information content (AvgIpc) is 3.06. The Morgan fingerprint density at radius 1 is 1.38 bits per heavy atom. The Balaban J connectivity index is 1.52. The summed E-state index contributed by atoms with van der Waals surface area (Å²) in [5.41, 5.74) is 0.825. The van der Waals surface area contributed by atoms with Crippen LogP contribution in [0.4, 0.5) is 0 Å². The minimum atomic E-state index is -0.279. The SMILES string of the molecule is O=C(CCc1cc(Cl)no1)N1C[C@H]2C[C@@H](C1)[C@H](CO)n1c2cccc1=O. The number of likely N-dealkylation sites (tertiary alicyclic amines) is 1. The van der Waals surface area contributed by atoms with E-state index >= 15 is 0 Å². The summed E-state index contributed by atoms with van der Waals surface area (Å²) in [6.45, 7) is 1.04. The Hall–Kier alpha value is -2.12. The monoisotopic (exact) mass is 377 g/mol. The molecule has 4 rings (SSSR count). The third-order valence-corrected chi connectivity index (χ3v) is 5.63. The minimum absolute atomic E-state index is 0.0376. The molecule has 2 aromatic heterocycles. The van der Waals surface area contributed by atoms with Gasteiger partial charge < -0.3 is 19.1 Å². The molecule has 2 bridgehead atoms. The van der Waals surface area contributed by atoms with E-state index < -0.39 is 0 Å². The van der Waals surface area contributed by atoms with E-state index in [0.29, 0.717) is 31.7 Å². The van der Waals surface area contributed by atoms with Crippen molar-refractivity contribution >= 4 is 17.5 Å². The van der Waals surface area contributed by atoms with E-state index in [0.717, 1.165) is 12.1 Å². The van der Waals surface area contributed by atoms with Crippen LogP contribution in [0.15, 0.2) is 33.6 Å². The van der Waals surface area contributed by atoms with Crippen molar-refractivity contribution in [3.05, 3.63) is 51.2 Å². The maximum Gasteiger partial charge on any atom is 0.251 e. The largest absolute Gasteiger partial charge is 0.394 e. The third kappa shape index (κ3) is 3.05. The van der Waals surface area contributed by atoms with E-state index in [4.69, 9.17) is 16.1 Å². The first-order chi connectivity index (χ1) is 12.6. The highest BCUT2D eigenvalue weighted by molar-refractivity contribution is 6.29. The molecule has 2 aliphatic rings. The predicted molar refractivity (Wildman–Crippen MR) is 94.1 cm³/mol. The quantitative estimate of drug-likeness (QED) is 0.874. The second-order valence-electron chi connectivity index (χ2n) is 7.02. The van der Waals surface area contributed by atoms with Crippen molar-refractivity contribution in [2.45, 2.75) is 31.2 Å². The third-order valence-electron chi connectivity index (χ3n) is 5.45. The maximum atomic E-state index is 12.7. The van der Waals surface area contributed by atoms with Crippen LogP contribution < -0.4 is 5.56 Å². The van der Waals surface area contributed by atoms with Gasteiger partial charge in [-0.05, 0) is 12.5 Å². The second kappa shape index (κ2) is 6.89. The number of hydrogen-bond acceptors (Lipinski definition) is 5. The Morgan fingerprint density at radius 3 is 2.96 bits per heavy atom. The van der Waals surface area contributed by atoms with Gasteiger partial charge in [0.15, 0.2) is 5.15 Å². The smallest absolute Gasteiger partial charge is 0.251 e. The molecule has 1 fully saturated rings. The van der Waals surface area contributed by atoms with Crippen LogP contribution in [0.1, 0.15) is 36.3 Å². The minimum Gasteiger partial charge on any atom is -0.394 e. The molecule has 0 aromatic carbocycles. The van der Waals surface area contributed by atoms with Gasteiger partial charge in [0.25, 0.3) is 5.56 Å². The number of aliphatic hydroxyl groups is 1. The van der Waals surface area contributed by atoms with Crippen LogP contribution in [0.2, 0.25) is 5.15 Å². The molecule has 8 heteroatoms. The van der Waals surface area contributed by atoms with E-state index in [1.165, 1.54) is 6.07 Å². The summed E-state index contributed by atoms with van der Waals surface area (Å²) in [6.07, 6.45) is 1.65. The second-order valence-corrected chi connectivity index (χ2v) is 7.40. The number of aliphatic hydroxyl groups excluding tert-OH is 1. The molecule has 0 aliphatic carbocycles. The number of aromatic nitrogens is 2. The van der Waals surface area contributed by atoms with Gasteiger partial charge in [0.05, 0.1) is 12.6 Å². The number of hydrogen-bond donors (Lipinski definition) is 1. The van der Waals surface area contributed by atoms with Crippen molar-refractivity contribution in [3.8, 4) is 0 Å². The predicted octanol–water partition coefficient (Wildman–Crippen LogP) is 1.60. The van der Waals surface area contributed by atoms with E-state index in [1.54, 1.807) is 16.7 Å². The van der Waals surface area contributed by atoms with Crippen LogP contribution in [0, 0.1) is 5.92 Å². The molecule has 1 amide bonds. The zero-order chi connectivity index (χ0) is 18.3. The van der Waals surface area contributed by atoms with Crippen molar-refractivity contribution < 1.29 is 14.4 Å².